The van der Waals surface area contributed by atoms with E-state index in [9.17, 15) is 9.59 Å². The fourth-order valence-corrected chi connectivity index (χ4v) is 4.04. The van der Waals surface area contributed by atoms with E-state index in [0.29, 0.717) is 16.3 Å². The van der Waals surface area contributed by atoms with E-state index in [-0.39, 0.29) is 17.7 Å². The molecule has 6 heteroatoms. The molecule has 2 aromatic heterocycles. The molecule has 1 N–H and O–H groups in total. The quantitative estimate of drug-likeness (QED) is 0.736. The molecular formula is C17H22N2O2S2. The molecule has 1 atom stereocenters. The molecule has 0 unspecified atom stereocenters. The Morgan fingerprint density at radius 1 is 1.17 bits per heavy atom. The van der Waals surface area contributed by atoms with E-state index in [1.807, 2.05) is 0 Å². The van der Waals surface area contributed by atoms with Gasteiger partial charge in [-0.15, -0.1) is 11.3 Å². The molecule has 0 saturated heterocycles. The predicted molar refractivity (Wildman–Crippen MR) is 96.6 cm³/mol. The van der Waals surface area contributed by atoms with Gasteiger partial charge in [0, 0.05) is 6.54 Å². The maximum atomic E-state index is 12.3. The molecule has 1 amide bonds. The Bertz CT molecular complexity index is 645. The van der Waals surface area contributed by atoms with Crippen molar-refractivity contribution in [1.82, 2.24) is 10.2 Å². The monoisotopic (exact) mass is 350 g/mol. The first-order valence-corrected chi connectivity index (χ1v) is 9.47. The van der Waals surface area contributed by atoms with Gasteiger partial charge in [-0.2, -0.15) is 11.3 Å². The molecule has 2 heterocycles. The fraction of sp³-hybridized carbons (Fsp3) is 0.412. The van der Waals surface area contributed by atoms with Crippen molar-refractivity contribution >= 4 is 34.4 Å². The van der Waals surface area contributed by atoms with Crippen molar-refractivity contribution in [1.29, 1.82) is 0 Å². The van der Waals surface area contributed by atoms with Gasteiger partial charge in [0.25, 0.3) is 5.91 Å². The van der Waals surface area contributed by atoms with Crippen molar-refractivity contribution in [3.05, 3.63) is 44.3 Å². The topological polar surface area (TPSA) is 49.4 Å². The summed E-state index contributed by atoms with van der Waals surface area (Å²) < 4.78 is 0. The van der Waals surface area contributed by atoms with Gasteiger partial charge < -0.3 is 5.32 Å². The van der Waals surface area contributed by atoms with Crippen molar-refractivity contribution in [2.45, 2.75) is 26.8 Å². The van der Waals surface area contributed by atoms with Crippen molar-refractivity contribution in [3.8, 4) is 0 Å². The molecule has 0 aliphatic rings. The highest BCUT2D eigenvalue weighted by atomic mass is 32.1. The Balaban J connectivity index is 2.05. The summed E-state index contributed by atoms with van der Waals surface area (Å²) in [5.74, 6) is -0.122. The van der Waals surface area contributed by atoms with Gasteiger partial charge >= 0.3 is 0 Å². The summed E-state index contributed by atoms with van der Waals surface area (Å²) in [6.07, 6.45) is 0. The number of nitrogens with zero attached hydrogens (tertiary/aromatic N) is 1. The minimum Gasteiger partial charge on any atom is -0.349 e. The van der Waals surface area contributed by atoms with E-state index in [4.69, 9.17) is 0 Å². The van der Waals surface area contributed by atoms with Crippen molar-refractivity contribution in [3.63, 3.8) is 0 Å². The van der Waals surface area contributed by atoms with Gasteiger partial charge in [0.05, 0.1) is 15.8 Å². The van der Waals surface area contributed by atoms with Crippen LogP contribution in [0.5, 0.6) is 0 Å². The molecule has 0 bridgehead atoms. The number of likely N-dealkylation sites (N-methyl/N-ethyl adjacent to an activating group) is 1. The minimum absolute atomic E-state index is 0.00617. The van der Waals surface area contributed by atoms with Gasteiger partial charge in [-0.3, -0.25) is 14.5 Å². The number of amides is 1. The molecule has 0 aliphatic carbocycles. The Hall–Kier alpha value is -1.50. The van der Waals surface area contributed by atoms with Crippen LogP contribution in [0, 0.1) is 0 Å². The molecule has 2 aromatic rings. The number of hydrogen-bond acceptors (Lipinski definition) is 5. The number of ketones is 1. The van der Waals surface area contributed by atoms with Gasteiger partial charge in [-0.05, 0) is 54.5 Å². The second kappa shape index (κ2) is 8.38. The summed E-state index contributed by atoms with van der Waals surface area (Å²) in [6, 6.07) is 5.71. The van der Waals surface area contributed by atoms with E-state index < -0.39 is 0 Å². The molecule has 124 valence electrons. The van der Waals surface area contributed by atoms with Crippen LogP contribution in [-0.4, -0.2) is 36.2 Å². The minimum atomic E-state index is -0.116. The Morgan fingerprint density at radius 2 is 1.87 bits per heavy atom. The number of rotatable bonds is 8. The van der Waals surface area contributed by atoms with Gasteiger partial charge in [0.2, 0.25) is 0 Å². The number of carbonyl (C=O) groups is 2. The van der Waals surface area contributed by atoms with Crippen LogP contribution in [0.3, 0.4) is 0 Å². The molecule has 0 saturated carbocycles. The lowest BCUT2D eigenvalue weighted by Gasteiger charge is -2.29. The van der Waals surface area contributed by atoms with E-state index >= 15 is 0 Å². The molecule has 4 nitrogen and oxygen atoms in total. The van der Waals surface area contributed by atoms with Crippen LogP contribution in [0.15, 0.2) is 29.0 Å². The standard InChI is InChI=1S/C17H22N2O2S2/c1-4-19(5-2)14(13-8-9-22-11-13)10-18-17(21)16-7-6-15(23-16)12(3)20/h6-9,11,14H,4-5,10H2,1-3H3,(H,18,21)/t14-/m1/s1. The number of hydrogen-bond donors (Lipinski definition) is 1. The summed E-state index contributed by atoms with van der Waals surface area (Å²) in [5, 5.41) is 7.21. The lowest BCUT2D eigenvalue weighted by atomic mass is 10.1. The third kappa shape index (κ3) is 4.50. The van der Waals surface area contributed by atoms with Gasteiger partial charge in [0.15, 0.2) is 5.78 Å². The Labute approximate surface area is 145 Å². The number of Topliss-reactive ketones (excluding diaryl/α,β-unsaturated/α-hetero) is 1. The first kappa shape index (κ1) is 17.8. The first-order valence-electron chi connectivity index (χ1n) is 7.71. The van der Waals surface area contributed by atoms with Crippen molar-refractivity contribution in [2.75, 3.05) is 19.6 Å². The van der Waals surface area contributed by atoms with Crippen LogP contribution in [0.4, 0.5) is 0 Å². The largest absolute Gasteiger partial charge is 0.349 e. The first-order chi connectivity index (χ1) is 11.1. The molecular weight excluding hydrogens is 328 g/mol. The Morgan fingerprint density at radius 3 is 2.39 bits per heavy atom. The molecule has 0 fully saturated rings. The van der Waals surface area contributed by atoms with Gasteiger partial charge in [0.1, 0.15) is 0 Å². The molecule has 2 rings (SSSR count). The fourth-order valence-electron chi connectivity index (χ4n) is 2.51. The highest BCUT2D eigenvalue weighted by molar-refractivity contribution is 7.16. The van der Waals surface area contributed by atoms with Crippen molar-refractivity contribution < 1.29 is 9.59 Å². The third-order valence-electron chi connectivity index (χ3n) is 3.81. The Kier molecular flexibility index (Phi) is 6.50. The van der Waals surface area contributed by atoms with Crippen LogP contribution < -0.4 is 5.32 Å². The van der Waals surface area contributed by atoms with Crippen LogP contribution in [0.2, 0.25) is 0 Å². The summed E-state index contributed by atoms with van der Waals surface area (Å²) >= 11 is 2.91. The highest BCUT2D eigenvalue weighted by Crippen LogP contribution is 2.23. The second-order valence-electron chi connectivity index (χ2n) is 5.22. The number of carbonyl (C=O) groups excluding carboxylic acids is 2. The average Bonchev–Trinajstić information content (AvgIpc) is 3.22. The predicted octanol–water partition coefficient (Wildman–Crippen LogP) is 3.83. The lowest BCUT2D eigenvalue weighted by molar-refractivity contribution is 0.0938. The van der Waals surface area contributed by atoms with Crippen molar-refractivity contribution in [2.24, 2.45) is 0 Å². The highest BCUT2D eigenvalue weighted by Gasteiger charge is 2.20. The normalized spacial score (nSPS) is 12.3. The zero-order valence-electron chi connectivity index (χ0n) is 13.7. The summed E-state index contributed by atoms with van der Waals surface area (Å²) in [4.78, 5) is 27.2. The van der Waals surface area contributed by atoms with Gasteiger partial charge in [-0.25, -0.2) is 0 Å². The maximum Gasteiger partial charge on any atom is 0.261 e. The third-order valence-corrected chi connectivity index (χ3v) is 5.70. The van der Waals surface area contributed by atoms with Crippen LogP contribution in [0.25, 0.3) is 0 Å². The smallest absolute Gasteiger partial charge is 0.261 e. The van der Waals surface area contributed by atoms with Crippen LogP contribution in [0.1, 0.15) is 51.7 Å². The van der Waals surface area contributed by atoms with Crippen LogP contribution in [-0.2, 0) is 0 Å². The number of thiophene rings is 2. The zero-order chi connectivity index (χ0) is 16.8. The second-order valence-corrected chi connectivity index (χ2v) is 7.09. The molecule has 23 heavy (non-hydrogen) atoms. The lowest BCUT2D eigenvalue weighted by Crippen LogP contribution is -2.37. The van der Waals surface area contributed by atoms with Crippen LogP contribution >= 0.6 is 22.7 Å². The van der Waals surface area contributed by atoms with E-state index in [1.54, 1.807) is 23.5 Å². The molecule has 0 spiro atoms. The number of nitrogens with one attached hydrogen (secondary N) is 1. The maximum absolute atomic E-state index is 12.3. The molecule has 0 aromatic carbocycles. The zero-order valence-corrected chi connectivity index (χ0v) is 15.3. The molecule has 0 radical (unpaired) electrons. The van der Waals surface area contributed by atoms with Gasteiger partial charge in [-0.1, -0.05) is 13.8 Å². The van der Waals surface area contributed by atoms with E-state index in [1.165, 1.54) is 23.8 Å². The summed E-state index contributed by atoms with van der Waals surface area (Å²) in [7, 11) is 0. The SMILES string of the molecule is CCN(CC)[C@H](CNC(=O)c1ccc(C(C)=O)s1)c1ccsc1. The summed E-state index contributed by atoms with van der Waals surface area (Å²) in [6.45, 7) is 8.19. The van der Waals surface area contributed by atoms with E-state index in [0.717, 1.165) is 13.1 Å². The average molecular weight is 351 g/mol. The van der Waals surface area contributed by atoms with E-state index in [2.05, 4.69) is 40.9 Å². The summed E-state index contributed by atoms with van der Waals surface area (Å²) in [5.41, 5.74) is 1.23. The molecule has 0 aliphatic heterocycles.